The normalized spacial score (nSPS) is 17.6. The van der Waals surface area contributed by atoms with E-state index in [1.807, 2.05) is 41.9 Å². The van der Waals surface area contributed by atoms with Gasteiger partial charge in [0.2, 0.25) is 11.8 Å². The molecule has 0 spiro atoms. The van der Waals surface area contributed by atoms with Crippen LogP contribution in [0.25, 0.3) is 11.0 Å². The van der Waals surface area contributed by atoms with Gasteiger partial charge in [0.15, 0.2) is 0 Å². The highest BCUT2D eigenvalue weighted by Crippen LogP contribution is 2.25. The molecule has 1 aliphatic heterocycles. The van der Waals surface area contributed by atoms with Gasteiger partial charge in [-0.05, 0) is 42.7 Å². The first kappa shape index (κ1) is 20.5. The number of benzene rings is 1. The Balaban J connectivity index is 1.48. The fourth-order valence-electron chi connectivity index (χ4n) is 3.96. The average Bonchev–Trinajstić information content (AvgIpc) is 3.46. The Kier molecular flexibility index (Phi) is 6.13. The second kappa shape index (κ2) is 8.95. The Morgan fingerprint density at radius 1 is 1.33 bits per heavy atom. The molecule has 1 fully saturated rings. The maximum atomic E-state index is 13.1. The Labute approximate surface area is 179 Å². The number of aromatic nitrogens is 2. The van der Waals surface area contributed by atoms with Crippen LogP contribution in [0.15, 0.2) is 47.1 Å². The number of hydrogen-bond donors (Lipinski definition) is 1. The summed E-state index contributed by atoms with van der Waals surface area (Å²) in [6, 6.07) is 11.4. The van der Waals surface area contributed by atoms with E-state index in [0.29, 0.717) is 13.1 Å². The van der Waals surface area contributed by atoms with Crippen molar-refractivity contribution in [3.63, 3.8) is 0 Å². The minimum Gasteiger partial charge on any atom is -0.467 e. The molecule has 0 aliphatic carbocycles. The first-order valence-corrected chi connectivity index (χ1v) is 11.5. The first-order chi connectivity index (χ1) is 14.6. The summed E-state index contributed by atoms with van der Waals surface area (Å²) in [4.78, 5) is 31.9. The summed E-state index contributed by atoms with van der Waals surface area (Å²) in [5.41, 5.74) is 1.95. The molecule has 1 N–H and O–H groups in total. The molecule has 2 atom stereocenters. The number of fused-ring (bicyclic) bond motifs is 1. The SMILES string of the molecule is CSCC[C@@H](NC(=O)[C@@H]1CC(=O)N(Cc2ccco2)C1)c1nc2ccccc2n1C. The standard InChI is InChI=1S/C22H26N4O3S/c1-25-19-8-4-3-7-17(19)23-21(25)18(9-11-30-2)24-22(28)15-12-20(27)26(13-15)14-16-6-5-10-29-16/h3-8,10,15,18H,9,11-14H2,1-2H3,(H,24,28)/t15-,18-/m1/s1. The fraction of sp³-hybridized carbons (Fsp3) is 0.409. The molecule has 0 saturated carbocycles. The third-order valence-corrected chi connectivity index (χ3v) is 6.22. The lowest BCUT2D eigenvalue weighted by atomic mass is 10.1. The van der Waals surface area contributed by atoms with Crippen LogP contribution < -0.4 is 5.32 Å². The van der Waals surface area contributed by atoms with Crippen molar-refractivity contribution < 1.29 is 14.0 Å². The number of furan rings is 1. The van der Waals surface area contributed by atoms with Gasteiger partial charge in [-0.25, -0.2) is 4.98 Å². The number of para-hydroxylation sites is 2. The van der Waals surface area contributed by atoms with Gasteiger partial charge in [0.05, 0.1) is 35.8 Å². The van der Waals surface area contributed by atoms with Gasteiger partial charge in [0.1, 0.15) is 11.6 Å². The third-order valence-electron chi connectivity index (χ3n) is 5.57. The molecule has 2 amide bonds. The van der Waals surface area contributed by atoms with Crippen LogP contribution in [0.4, 0.5) is 0 Å². The predicted octanol–water partition coefficient (Wildman–Crippen LogP) is 3.13. The number of amides is 2. The Morgan fingerprint density at radius 3 is 2.90 bits per heavy atom. The van der Waals surface area contributed by atoms with Crippen LogP contribution in [-0.4, -0.2) is 44.8 Å². The average molecular weight is 427 g/mol. The number of imidazole rings is 1. The van der Waals surface area contributed by atoms with Crippen LogP contribution in [0.3, 0.4) is 0 Å². The highest BCUT2D eigenvalue weighted by atomic mass is 32.2. The molecule has 0 radical (unpaired) electrons. The van der Waals surface area contributed by atoms with E-state index >= 15 is 0 Å². The van der Waals surface area contributed by atoms with Gasteiger partial charge < -0.3 is 19.2 Å². The monoisotopic (exact) mass is 426 g/mol. The van der Waals surface area contributed by atoms with Crippen molar-refractivity contribution in [2.45, 2.75) is 25.4 Å². The summed E-state index contributed by atoms with van der Waals surface area (Å²) >= 11 is 1.74. The number of rotatable bonds is 8. The molecule has 4 rings (SSSR count). The number of carbonyl (C=O) groups is 2. The first-order valence-electron chi connectivity index (χ1n) is 10.1. The molecule has 7 nitrogen and oxygen atoms in total. The Bertz CT molecular complexity index is 1030. The van der Waals surface area contributed by atoms with Crippen molar-refractivity contribution >= 4 is 34.6 Å². The summed E-state index contributed by atoms with van der Waals surface area (Å²) in [7, 11) is 1.98. The van der Waals surface area contributed by atoms with Gasteiger partial charge >= 0.3 is 0 Å². The molecule has 0 unspecified atom stereocenters. The van der Waals surface area contributed by atoms with Crippen molar-refractivity contribution in [2.24, 2.45) is 13.0 Å². The van der Waals surface area contributed by atoms with Gasteiger partial charge in [-0.15, -0.1) is 0 Å². The summed E-state index contributed by atoms with van der Waals surface area (Å²) < 4.78 is 7.39. The number of nitrogens with zero attached hydrogens (tertiary/aromatic N) is 3. The zero-order chi connectivity index (χ0) is 21.1. The molecule has 1 aromatic carbocycles. The molecule has 0 bridgehead atoms. The van der Waals surface area contributed by atoms with Crippen molar-refractivity contribution in [2.75, 3.05) is 18.6 Å². The topological polar surface area (TPSA) is 80.4 Å². The number of hydrogen-bond acceptors (Lipinski definition) is 5. The van der Waals surface area contributed by atoms with E-state index < -0.39 is 0 Å². The van der Waals surface area contributed by atoms with Crippen molar-refractivity contribution in [3.8, 4) is 0 Å². The van der Waals surface area contributed by atoms with E-state index in [9.17, 15) is 9.59 Å². The lowest BCUT2D eigenvalue weighted by Gasteiger charge is -2.21. The molecule has 3 heterocycles. The van der Waals surface area contributed by atoms with E-state index in [0.717, 1.165) is 34.8 Å². The van der Waals surface area contributed by atoms with E-state index in [2.05, 4.69) is 11.6 Å². The van der Waals surface area contributed by atoms with Gasteiger partial charge in [-0.1, -0.05) is 12.1 Å². The summed E-state index contributed by atoms with van der Waals surface area (Å²) in [5.74, 6) is 2.00. The van der Waals surface area contributed by atoms with E-state index in [-0.39, 0.29) is 30.2 Å². The van der Waals surface area contributed by atoms with Crippen LogP contribution in [-0.2, 0) is 23.2 Å². The quantitative estimate of drug-likeness (QED) is 0.599. The van der Waals surface area contributed by atoms with Crippen molar-refractivity contribution in [1.29, 1.82) is 0 Å². The highest BCUT2D eigenvalue weighted by Gasteiger charge is 2.36. The number of nitrogens with one attached hydrogen (secondary N) is 1. The van der Waals surface area contributed by atoms with Crippen LogP contribution in [0.5, 0.6) is 0 Å². The van der Waals surface area contributed by atoms with E-state index in [4.69, 9.17) is 9.40 Å². The fourth-order valence-corrected chi connectivity index (χ4v) is 4.43. The summed E-state index contributed by atoms with van der Waals surface area (Å²) in [6.07, 6.45) is 4.65. The maximum absolute atomic E-state index is 13.1. The highest BCUT2D eigenvalue weighted by molar-refractivity contribution is 7.98. The molecule has 2 aromatic heterocycles. The Hall–Kier alpha value is -2.74. The smallest absolute Gasteiger partial charge is 0.226 e. The molecule has 1 aliphatic rings. The maximum Gasteiger partial charge on any atom is 0.226 e. The Morgan fingerprint density at radius 2 is 2.17 bits per heavy atom. The van der Waals surface area contributed by atoms with Crippen molar-refractivity contribution in [1.82, 2.24) is 19.8 Å². The second-order valence-electron chi connectivity index (χ2n) is 7.62. The number of thioether (sulfide) groups is 1. The number of likely N-dealkylation sites (tertiary alicyclic amines) is 1. The minimum atomic E-state index is -0.362. The molecule has 30 heavy (non-hydrogen) atoms. The van der Waals surface area contributed by atoms with Gasteiger partial charge in [-0.3, -0.25) is 9.59 Å². The van der Waals surface area contributed by atoms with Crippen LogP contribution >= 0.6 is 11.8 Å². The molecule has 1 saturated heterocycles. The molecular weight excluding hydrogens is 400 g/mol. The molecule has 158 valence electrons. The van der Waals surface area contributed by atoms with E-state index in [1.54, 1.807) is 29.0 Å². The number of aryl methyl sites for hydroxylation is 1. The predicted molar refractivity (Wildman–Crippen MR) is 117 cm³/mol. The van der Waals surface area contributed by atoms with Gasteiger partial charge in [0.25, 0.3) is 0 Å². The van der Waals surface area contributed by atoms with Gasteiger partial charge in [-0.2, -0.15) is 11.8 Å². The lowest BCUT2D eigenvalue weighted by Crippen LogP contribution is -2.36. The lowest BCUT2D eigenvalue weighted by molar-refractivity contribution is -0.129. The summed E-state index contributed by atoms with van der Waals surface area (Å²) in [6.45, 7) is 0.805. The summed E-state index contributed by atoms with van der Waals surface area (Å²) in [5, 5.41) is 3.17. The van der Waals surface area contributed by atoms with Gasteiger partial charge in [0, 0.05) is 20.0 Å². The molecular formula is C22H26N4O3S. The number of carbonyl (C=O) groups excluding carboxylic acids is 2. The zero-order valence-corrected chi connectivity index (χ0v) is 18.0. The van der Waals surface area contributed by atoms with E-state index in [1.165, 1.54) is 0 Å². The minimum absolute atomic E-state index is 0.0186. The second-order valence-corrected chi connectivity index (χ2v) is 8.60. The molecule has 3 aromatic rings. The third kappa shape index (κ3) is 4.23. The van der Waals surface area contributed by atoms with Crippen LogP contribution in [0.1, 0.15) is 30.5 Å². The largest absolute Gasteiger partial charge is 0.467 e. The zero-order valence-electron chi connectivity index (χ0n) is 17.2. The van der Waals surface area contributed by atoms with Crippen molar-refractivity contribution in [3.05, 3.63) is 54.2 Å². The molecule has 8 heteroatoms. The van der Waals surface area contributed by atoms with Crippen LogP contribution in [0, 0.1) is 5.92 Å². The van der Waals surface area contributed by atoms with Crippen LogP contribution in [0.2, 0.25) is 0 Å².